The molecule has 5 heteroatoms. The lowest BCUT2D eigenvalue weighted by Gasteiger charge is -2.11. The predicted molar refractivity (Wildman–Crippen MR) is 61.7 cm³/mol. The zero-order valence-electron chi connectivity index (χ0n) is 9.24. The molecule has 1 atom stereocenters. The molecule has 0 fully saturated rings. The van der Waals surface area contributed by atoms with Crippen molar-refractivity contribution in [2.24, 2.45) is 0 Å². The molecule has 0 aliphatic carbocycles. The highest BCUT2D eigenvalue weighted by Crippen LogP contribution is 2.19. The molecule has 2 rings (SSSR count). The fraction of sp³-hybridized carbons (Fsp3) is 0.364. The van der Waals surface area contributed by atoms with Gasteiger partial charge in [-0.3, -0.25) is 0 Å². The summed E-state index contributed by atoms with van der Waals surface area (Å²) in [5, 5.41) is 11.0. The first-order valence-corrected chi connectivity index (χ1v) is 5.34. The van der Waals surface area contributed by atoms with Gasteiger partial charge >= 0.3 is 0 Å². The molecule has 2 N–H and O–H groups in total. The normalized spacial score (nSPS) is 12.6. The number of hydrogen-bond acceptors (Lipinski definition) is 4. The van der Waals surface area contributed by atoms with Gasteiger partial charge in [0.15, 0.2) is 0 Å². The minimum Gasteiger partial charge on any atom is -0.367 e. The van der Waals surface area contributed by atoms with Crippen LogP contribution < -0.4 is 5.73 Å². The minimum atomic E-state index is 0.375. The number of nitrogens with two attached hydrogens (primary N) is 1. The van der Waals surface area contributed by atoms with Gasteiger partial charge in [-0.25, -0.2) is 4.68 Å². The van der Waals surface area contributed by atoms with Crippen LogP contribution >= 0.6 is 0 Å². The van der Waals surface area contributed by atoms with E-state index in [1.807, 2.05) is 6.07 Å². The fourth-order valence-electron chi connectivity index (χ4n) is 1.63. The van der Waals surface area contributed by atoms with Crippen molar-refractivity contribution in [3.05, 3.63) is 35.9 Å². The van der Waals surface area contributed by atoms with Crippen LogP contribution in [0.3, 0.4) is 0 Å². The summed E-state index contributed by atoms with van der Waals surface area (Å²) in [6, 6.07) is 10.4. The van der Waals surface area contributed by atoms with E-state index in [2.05, 4.69) is 46.7 Å². The number of tetrazole rings is 1. The smallest absolute Gasteiger partial charge is 0.240 e. The highest BCUT2D eigenvalue weighted by atomic mass is 15.6. The molecule has 1 heterocycles. The van der Waals surface area contributed by atoms with Crippen LogP contribution in [0.2, 0.25) is 0 Å². The van der Waals surface area contributed by atoms with Crippen LogP contribution in [-0.4, -0.2) is 20.2 Å². The van der Waals surface area contributed by atoms with Gasteiger partial charge in [0.25, 0.3) is 0 Å². The van der Waals surface area contributed by atoms with E-state index in [-0.39, 0.29) is 0 Å². The number of rotatable bonds is 4. The molecule has 0 amide bonds. The minimum absolute atomic E-state index is 0.375. The molecule has 0 aliphatic rings. The molecular weight excluding hydrogens is 202 g/mol. The highest BCUT2D eigenvalue weighted by Gasteiger charge is 2.07. The Balaban J connectivity index is 1.94. The van der Waals surface area contributed by atoms with Crippen molar-refractivity contribution in [1.29, 1.82) is 0 Å². The Morgan fingerprint density at radius 2 is 2.06 bits per heavy atom. The summed E-state index contributed by atoms with van der Waals surface area (Å²) in [5.74, 6) is 0.852. The van der Waals surface area contributed by atoms with Crippen molar-refractivity contribution >= 4 is 5.95 Å². The second-order valence-electron chi connectivity index (χ2n) is 3.86. The Bertz CT molecular complexity index is 437. The van der Waals surface area contributed by atoms with Gasteiger partial charge in [0, 0.05) is 6.54 Å². The van der Waals surface area contributed by atoms with Crippen molar-refractivity contribution < 1.29 is 0 Å². The van der Waals surface area contributed by atoms with E-state index in [0.29, 0.717) is 11.9 Å². The second kappa shape index (κ2) is 4.74. The summed E-state index contributed by atoms with van der Waals surface area (Å²) in [4.78, 5) is 0. The van der Waals surface area contributed by atoms with Gasteiger partial charge in [-0.15, -0.1) is 0 Å². The largest absolute Gasteiger partial charge is 0.367 e. The Morgan fingerprint density at radius 3 is 2.69 bits per heavy atom. The zero-order valence-corrected chi connectivity index (χ0v) is 9.24. The molecule has 1 aromatic carbocycles. The van der Waals surface area contributed by atoms with Gasteiger partial charge in [0.05, 0.1) is 0 Å². The number of benzene rings is 1. The molecule has 0 radical (unpaired) electrons. The van der Waals surface area contributed by atoms with Crippen molar-refractivity contribution in [3.63, 3.8) is 0 Å². The maximum Gasteiger partial charge on any atom is 0.240 e. The Labute approximate surface area is 94.3 Å². The van der Waals surface area contributed by atoms with E-state index >= 15 is 0 Å². The molecule has 84 valence electrons. The lowest BCUT2D eigenvalue weighted by atomic mass is 9.98. The van der Waals surface area contributed by atoms with Crippen LogP contribution in [0.1, 0.15) is 24.8 Å². The number of hydrogen-bond donors (Lipinski definition) is 1. The quantitative estimate of drug-likeness (QED) is 0.841. The third-order valence-electron chi connectivity index (χ3n) is 2.70. The van der Waals surface area contributed by atoms with E-state index in [1.165, 1.54) is 5.56 Å². The van der Waals surface area contributed by atoms with Crippen molar-refractivity contribution in [3.8, 4) is 0 Å². The second-order valence-corrected chi connectivity index (χ2v) is 3.86. The number of nitrogens with zero attached hydrogens (tertiary/aromatic N) is 4. The maximum atomic E-state index is 5.59. The van der Waals surface area contributed by atoms with Crippen molar-refractivity contribution in [2.45, 2.75) is 25.8 Å². The molecular formula is C11H15N5. The van der Waals surface area contributed by atoms with Crippen LogP contribution in [0.5, 0.6) is 0 Å². The van der Waals surface area contributed by atoms with Crippen LogP contribution in [0.4, 0.5) is 5.95 Å². The van der Waals surface area contributed by atoms with Crippen molar-refractivity contribution in [1.82, 2.24) is 20.2 Å². The molecule has 1 aromatic heterocycles. The first kappa shape index (κ1) is 10.6. The van der Waals surface area contributed by atoms with Crippen LogP contribution in [0.25, 0.3) is 0 Å². The van der Waals surface area contributed by atoms with E-state index in [1.54, 1.807) is 4.68 Å². The number of aromatic nitrogens is 4. The highest BCUT2D eigenvalue weighted by molar-refractivity contribution is 5.18. The number of nitrogen functional groups attached to an aromatic ring is 1. The summed E-state index contributed by atoms with van der Waals surface area (Å²) in [6.45, 7) is 2.94. The lowest BCUT2D eigenvalue weighted by molar-refractivity contribution is 0.525. The predicted octanol–water partition coefficient (Wildman–Crippen LogP) is 1.45. The van der Waals surface area contributed by atoms with Gasteiger partial charge in [-0.2, -0.15) is 0 Å². The zero-order chi connectivity index (χ0) is 11.4. The summed E-state index contributed by atoms with van der Waals surface area (Å²) >= 11 is 0. The summed E-state index contributed by atoms with van der Waals surface area (Å²) in [5.41, 5.74) is 6.92. The van der Waals surface area contributed by atoms with E-state index in [4.69, 9.17) is 5.73 Å². The van der Waals surface area contributed by atoms with Crippen LogP contribution in [0, 0.1) is 0 Å². The Kier molecular flexibility index (Phi) is 3.14. The topological polar surface area (TPSA) is 69.6 Å². The molecule has 16 heavy (non-hydrogen) atoms. The SMILES string of the molecule is CC(CCn1nnnc1N)c1ccccc1. The average Bonchev–Trinajstić information content (AvgIpc) is 2.73. The summed E-state index contributed by atoms with van der Waals surface area (Å²) < 4.78 is 1.62. The Morgan fingerprint density at radius 1 is 1.31 bits per heavy atom. The van der Waals surface area contributed by atoms with Crippen molar-refractivity contribution in [2.75, 3.05) is 5.73 Å². The maximum absolute atomic E-state index is 5.59. The molecule has 0 bridgehead atoms. The van der Waals surface area contributed by atoms with E-state index < -0.39 is 0 Å². The monoisotopic (exact) mass is 217 g/mol. The fourth-order valence-corrected chi connectivity index (χ4v) is 1.63. The van der Waals surface area contributed by atoms with Gasteiger partial charge in [-0.1, -0.05) is 42.4 Å². The lowest BCUT2D eigenvalue weighted by Crippen LogP contribution is -2.08. The summed E-state index contributed by atoms with van der Waals surface area (Å²) in [6.07, 6.45) is 0.971. The average molecular weight is 217 g/mol. The first-order chi connectivity index (χ1) is 7.77. The Hall–Kier alpha value is -1.91. The van der Waals surface area contributed by atoms with Crippen LogP contribution in [-0.2, 0) is 6.54 Å². The number of aryl methyl sites for hydroxylation is 1. The molecule has 5 nitrogen and oxygen atoms in total. The molecule has 0 saturated carbocycles. The van der Waals surface area contributed by atoms with Gasteiger partial charge in [0.2, 0.25) is 5.95 Å². The van der Waals surface area contributed by atoms with E-state index in [0.717, 1.165) is 13.0 Å². The first-order valence-electron chi connectivity index (χ1n) is 5.34. The summed E-state index contributed by atoms with van der Waals surface area (Å²) in [7, 11) is 0. The van der Waals surface area contributed by atoms with E-state index in [9.17, 15) is 0 Å². The third-order valence-corrected chi connectivity index (χ3v) is 2.70. The third kappa shape index (κ3) is 2.36. The molecule has 2 aromatic rings. The standard InChI is InChI=1S/C11H15N5/c1-9(10-5-3-2-4-6-10)7-8-16-11(12)13-14-15-16/h2-6,9H,7-8H2,1H3,(H2,12,13,15). The van der Waals surface area contributed by atoms with Crippen LogP contribution in [0.15, 0.2) is 30.3 Å². The molecule has 1 unspecified atom stereocenters. The van der Waals surface area contributed by atoms with Gasteiger partial charge in [-0.05, 0) is 28.3 Å². The molecule has 0 aliphatic heterocycles. The number of anilines is 1. The molecule has 0 spiro atoms. The van der Waals surface area contributed by atoms with Gasteiger partial charge in [0.1, 0.15) is 0 Å². The molecule has 0 saturated heterocycles. The van der Waals surface area contributed by atoms with Gasteiger partial charge < -0.3 is 5.73 Å².